The predicted octanol–water partition coefficient (Wildman–Crippen LogP) is 1.87. The topological polar surface area (TPSA) is 88.8 Å². The molecule has 0 aliphatic carbocycles. The molecular formula is C16H24ClN5. The fourth-order valence-electron chi connectivity index (χ4n) is 1.72. The number of allylic oxidation sites excluding steroid dienone is 3. The first-order chi connectivity index (χ1) is 10.6. The van der Waals surface area contributed by atoms with Crippen molar-refractivity contribution in [3.05, 3.63) is 47.3 Å². The Morgan fingerprint density at radius 1 is 1.55 bits per heavy atom. The van der Waals surface area contributed by atoms with E-state index in [1.165, 1.54) is 5.57 Å². The van der Waals surface area contributed by atoms with Crippen LogP contribution in [0.3, 0.4) is 0 Å². The Hall–Kier alpha value is -1.69. The molecule has 0 bridgehead atoms. The van der Waals surface area contributed by atoms with Crippen molar-refractivity contribution in [3.8, 4) is 0 Å². The van der Waals surface area contributed by atoms with Crippen LogP contribution in [0, 0.1) is 0 Å². The Kier molecular flexibility index (Phi) is 8.43. The van der Waals surface area contributed by atoms with E-state index >= 15 is 0 Å². The molecule has 0 aromatic carbocycles. The van der Waals surface area contributed by atoms with Gasteiger partial charge in [-0.2, -0.15) is 0 Å². The Balaban J connectivity index is 2.73. The zero-order chi connectivity index (χ0) is 16.4. The number of nitrogens with one attached hydrogen (secondary N) is 1. The molecule has 0 radical (unpaired) electrons. The summed E-state index contributed by atoms with van der Waals surface area (Å²) in [7, 11) is 0. The lowest BCUT2D eigenvalue weighted by molar-refractivity contribution is 0.910. The molecule has 6 heteroatoms. The van der Waals surface area contributed by atoms with Crippen molar-refractivity contribution >= 4 is 23.0 Å². The van der Waals surface area contributed by atoms with Gasteiger partial charge in [-0.15, -0.1) is 0 Å². The molecule has 0 fully saturated rings. The van der Waals surface area contributed by atoms with Crippen LogP contribution in [0.1, 0.15) is 13.8 Å². The van der Waals surface area contributed by atoms with Crippen LogP contribution in [0.4, 0.5) is 0 Å². The van der Waals surface area contributed by atoms with Gasteiger partial charge in [0, 0.05) is 37.3 Å². The molecular weight excluding hydrogens is 298 g/mol. The van der Waals surface area contributed by atoms with Gasteiger partial charge >= 0.3 is 0 Å². The van der Waals surface area contributed by atoms with Crippen LogP contribution in [-0.4, -0.2) is 37.1 Å². The summed E-state index contributed by atoms with van der Waals surface area (Å²) >= 11 is 6.05. The van der Waals surface area contributed by atoms with Crippen molar-refractivity contribution in [2.24, 2.45) is 21.5 Å². The van der Waals surface area contributed by atoms with E-state index in [2.05, 4.69) is 21.4 Å². The van der Waals surface area contributed by atoms with Gasteiger partial charge in [-0.1, -0.05) is 29.3 Å². The molecule has 0 saturated carbocycles. The lowest BCUT2D eigenvalue weighted by Gasteiger charge is -2.14. The summed E-state index contributed by atoms with van der Waals surface area (Å²) in [6.45, 7) is 5.81. The number of nitrogens with two attached hydrogens (primary N) is 2. The number of hydrogen-bond donors (Lipinski definition) is 3. The van der Waals surface area contributed by atoms with E-state index in [0.29, 0.717) is 24.8 Å². The minimum absolute atomic E-state index is 0.242. The van der Waals surface area contributed by atoms with Crippen LogP contribution >= 0.6 is 11.6 Å². The van der Waals surface area contributed by atoms with Gasteiger partial charge in [-0.05, 0) is 25.5 Å². The van der Waals surface area contributed by atoms with Crippen molar-refractivity contribution in [2.45, 2.75) is 19.9 Å². The number of nitrogens with zero attached hydrogens (tertiary/aromatic N) is 2. The second-order valence-electron chi connectivity index (χ2n) is 4.84. The van der Waals surface area contributed by atoms with Gasteiger partial charge in [-0.3, -0.25) is 4.99 Å². The lowest BCUT2D eigenvalue weighted by Crippen LogP contribution is -2.27. The first kappa shape index (κ1) is 18.4. The number of aliphatic imine (C=N–C) groups is 2. The minimum Gasteiger partial charge on any atom is -0.386 e. The minimum atomic E-state index is -0.242. The number of hydrogen-bond acceptors (Lipinski definition) is 5. The molecule has 0 amide bonds. The largest absolute Gasteiger partial charge is 0.386 e. The summed E-state index contributed by atoms with van der Waals surface area (Å²) < 4.78 is 0. The molecule has 0 spiro atoms. The summed E-state index contributed by atoms with van der Waals surface area (Å²) in [5.41, 5.74) is 14.4. The maximum absolute atomic E-state index is 6.05. The average Bonchev–Trinajstić information content (AvgIpc) is 2.50. The zero-order valence-corrected chi connectivity index (χ0v) is 13.8. The highest BCUT2D eigenvalue weighted by Gasteiger charge is 2.13. The predicted molar refractivity (Wildman–Crippen MR) is 96.4 cm³/mol. The van der Waals surface area contributed by atoms with Crippen LogP contribution < -0.4 is 16.8 Å². The average molecular weight is 322 g/mol. The lowest BCUT2D eigenvalue weighted by atomic mass is 10.1. The fraction of sp³-hybridized carbons (Fsp3) is 0.375. The van der Waals surface area contributed by atoms with E-state index in [4.69, 9.17) is 23.1 Å². The van der Waals surface area contributed by atoms with Crippen LogP contribution in [-0.2, 0) is 0 Å². The van der Waals surface area contributed by atoms with E-state index in [-0.39, 0.29) is 6.04 Å². The van der Waals surface area contributed by atoms with Crippen molar-refractivity contribution in [1.29, 1.82) is 0 Å². The van der Waals surface area contributed by atoms with E-state index in [1.54, 1.807) is 18.5 Å². The second-order valence-corrected chi connectivity index (χ2v) is 5.20. The maximum Gasteiger partial charge on any atom is 0.135 e. The summed E-state index contributed by atoms with van der Waals surface area (Å²) in [5, 5.41) is 3.62. The molecule has 120 valence electrons. The van der Waals surface area contributed by atoms with E-state index in [9.17, 15) is 0 Å². The normalized spacial score (nSPS) is 21.6. The third-order valence-corrected chi connectivity index (χ3v) is 3.34. The van der Waals surface area contributed by atoms with Gasteiger partial charge in [0.25, 0.3) is 0 Å². The molecule has 1 aliphatic heterocycles. The molecule has 1 unspecified atom stereocenters. The van der Waals surface area contributed by atoms with Crippen molar-refractivity contribution < 1.29 is 0 Å². The Morgan fingerprint density at radius 2 is 2.32 bits per heavy atom. The maximum atomic E-state index is 6.05. The number of rotatable bonds is 7. The summed E-state index contributed by atoms with van der Waals surface area (Å²) in [5.74, 6) is 0. The van der Waals surface area contributed by atoms with E-state index in [0.717, 1.165) is 11.1 Å². The zero-order valence-electron chi connectivity index (χ0n) is 13.1. The molecule has 0 saturated heterocycles. The summed E-state index contributed by atoms with van der Waals surface area (Å²) in [4.78, 5) is 8.31. The van der Waals surface area contributed by atoms with Crippen molar-refractivity contribution in [3.63, 3.8) is 0 Å². The van der Waals surface area contributed by atoms with Gasteiger partial charge < -0.3 is 16.8 Å². The van der Waals surface area contributed by atoms with E-state index in [1.807, 2.05) is 26.1 Å². The van der Waals surface area contributed by atoms with Crippen LogP contribution in [0.25, 0.3) is 0 Å². The SMILES string of the molecule is C/C=C(C)/C=C(\C=N/CCN)CN/C=C1/C(Cl)=NC=CC1N. The van der Waals surface area contributed by atoms with Crippen LogP contribution in [0.2, 0.25) is 0 Å². The standard InChI is InChI=1S/C16H24ClN5/c1-3-12(2)8-13(9-20-7-5-18)10-21-11-14-15(19)4-6-22-16(14)17/h3-4,6,8-9,11,15,21H,5,7,10,18-19H2,1-2H3/b12-3+,13-8+,14-11+,20-9-. The molecule has 5 N–H and O–H groups in total. The van der Waals surface area contributed by atoms with Gasteiger partial charge in [0.15, 0.2) is 0 Å². The van der Waals surface area contributed by atoms with Crippen molar-refractivity contribution in [2.75, 3.05) is 19.6 Å². The fourth-order valence-corrected chi connectivity index (χ4v) is 1.95. The second kappa shape index (κ2) is 10.1. The molecule has 5 nitrogen and oxygen atoms in total. The molecule has 0 aromatic heterocycles. The highest BCUT2D eigenvalue weighted by Crippen LogP contribution is 2.12. The van der Waals surface area contributed by atoms with Crippen LogP contribution in [0.15, 0.2) is 57.3 Å². The quantitative estimate of drug-likeness (QED) is 0.494. The van der Waals surface area contributed by atoms with Gasteiger partial charge in [0.2, 0.25) is 0 Å². The highest BCUT2D eigenvalue weighted by molar-refractivity contribution is 6.70. The van der Waals surface area contributed by atoms with Crippen molar-refractivity contribution in [1.82, 2.24) is 5.32 Å². The van der Waals surface area contributed by atoms with Crippen LogP contribution in [0.5, 0.6) is 0 Å². The molecule has 0 aromatic rings. The third-order valence-electron chi connectivity index (χ3n) is 3.03. The Labute approximate surface area is 137 Å². The highest BCUT2D eigenvalue weighted by atomic mass is 35.5. The Bertz CT molecular complexity index is 541. The van der Waals surface area contributed by atoms with Gasteiger partial charge in [0.1, 0.15) is 5.17 Å². The van der Waals surface area contributed by atoms with E-state index < -0.39 is 0 Å². The number of halogens is 1. The molecule has 1 aliphatic rings. The molecule has 1 heterocycles. The van der Waals surface area contributed by atoms with Gasteiger partial charge in [0.05, 0.1) is 12.6 Å². The molecule has 22 heavy (non-hydrogen) atoms. The summed E-state index contributed by atoms with van der Waals surface area (Å²) in [6.07, 6.45) is 11.2. The molecule has 1 atom stereocenters. The van der Waals surface area contributed by atoms with Gasteiger partial charge in [-0.25, -0.2) is 4.99 Å². The Morgan fingerprint density at radius 3 is 2.95 bits per heavy atom. The first-order valence-electron chi connectivity index (χ1n) is 7.21. The summed E-state index contributed by atoms with van der Waals surface area (Å²) in [6, 6.07) is -0.242. The first-order valence-corrected chi connectivity index (χ1v) is 7.59. The smallest absolute Gasteiger partial charge is 0.135 e. The third kappa shape index (κ3) is 6.39. The molecule has 1 rings (SSSR count). The monoisotopic (exact) mass is 321 g/mol.